The largest absolute Gasteiger partial charge is 0.497 e. The van der Waals surface area contributed by atoms with Gasteiger partial charge in [-0.25, -0.2) is 21.2 Å². The zero-order valence-corrected chi connectivity index (χ0v) is 25.3. The maximum absolute atomic E-state index is 14.4. The van der Waals surface area contributed by atoms with Gasteiger partial charge in [-0.1, -0.05) is 30.9 Å². The van der Waals surface area contributed by atoms with Gasteiger partial charge in [0.1, 0.15) is 33.2 Å². The smallest absolute Gasteiger partial charge is 0.247 e. The third kappa shape index (κ3) is 6.61. The van der Waals surface area contributed by atoms with Gasteiger partial charge < -0.3 is 14.6 Å². The van der Waals surface area contributed by atoms with E-state index in [9.17, 15) is 26.3 Å². The molecule has 12 heteroatoms. The normalized spacial score (nSPS) is 19.4. The van der Waals surface area contributed by atoms with Crippen LogP contribution in [-0.4, -0.2) is 76.6 Å². The molecule has 0 fully saturated rings. The summed E-state index contributed by atoms with van der Waals surface area (Å²) in [6.07, 6.45) is -0.830. The van der Waals surface area contributed by atoms with Gasteiger partial charge >= 0.3 is 0 Å². The van der Waals surface area contributed by atoms with Crippen molar-refractivity contribution >= 4 is 20.0 Å². The SMILES string of the molecule is COc1ccc(C#Cc2ccc3c(c2)O[C@@H](CN(C)S(=O)(=O)c2ccccc2F)[C@@H](C)CN([C@H](C)CO)S3(=O)=O)cc1. The lowest BCUT2D eigenvalue weighted by atomic mass is 10.0. The number of nitrogens with zero attached hydrogens (tertiary/aromatic N) is 2. The monoisotopic (exact) mass is 616 g/mol. The van der Waals surface area contributed by atoms with E-state index in [1.165, 1.54) is 41.7 Å². The van der Waals surface area contributed by atoms with Crippen molar-refractivity contribution in [2.45, 2.75) is 35.8 Å². The van der Waals surface area contributed by atoms with E-state index in [0.717, 1.165) is 10.4 Å². The van der Waals surface area contributed by atoms with Gasteiger partial charge in [0.2, 0.25) is 20.0 Å². The molecule has 3 aromatic rings. The second-order valence-electron chi connectivity index (χ2n) is 10.1. The Balaban J connectivity index is 1.74. The van der Waals surface area contributed by atoms with E-state index >= 15 is 0 Å². The number of halogens is 1. The van der Waals surface area contributed by atoms with Crippen LogP contribution in [0.3, 0.4) is 0 Å². The van der Waals surface area contributed by atoms with E-state index in [0.29, 0.717) is 16.9 Å². The number of likely N-dealkylation sites (N-methyl/N-ethyl adjacent to an activating group) is 1. The minimum absolute atomic E-state index is 0.0000830. The molecule has 0 amide bonds. The molecule has 9 nitrogen and oxygen atoms in total. The van der Waals surface area contributed by atoms with Crippen molar-refractivity contribution in [1.82, 2.24) is 8.61 Å². The third-order valence-electron chi connectivity index (χ3n) is 7.07. The molecule has 0 bridgehead atoms. The molecule has 1 heterocycles. The van der Waals surface area contributed by atoms with Crippen molar-refractivity contribution in [1.29, 1.82) is 0 Å². The molecule has 224 valence electrons. The van der Waals surface area contributed by atoms with E-state index < -0.39 is 55.4 Å². The number of fused-ring (bicyclic) bond motifs is 1. The lowest BCUT2D eigenvalue weighted by molar-refractivity contribution is 0.0904. The lowest BCUT2D eigenvalue weighted by Gasteiger charge is -2.37. The molecular weight excluding hydrogens is 583 g/mol. The third-order valence-corrected chi connectivity index (χ3v) is 10.9. The number of aliphatic hydroxyl groups is 1. The van der Waals surface area contributed by atoms with Crippen molar-refractivity contribution < 1.29 is 35.8 Å². The van der Waals surface area contributed by atoms with E-state index in [1.807, 2.05) is 0 Å². The molecule has 0 radical (unpaired) electrons. The molecule has 42 heavy (non-hydrogen) atoms. The summed E-state index contributed by atoms with van der Waals surface area (Å²) in [5.74, 6) is 5.32. The Hall–Kier alpha value is -3.47. The highest BCUT2D eigenvalue weighted by molar-refractivity contribution is 7.89. The summed E-state index contributed by atoms with van der Waals surface area (Å²) < 4.78 is 81.9. The number of hydrogen-bond donors (Lipinski definition) is 1. The van der Waals surface area contributed by atoms with Crippen LogP contribution in [0.1, 0.15) is 25.0 Å². The van der Waals surface area contributed by atoms with Gasteiger partial charge in [-0.2, -0.15) is 8.61 Å². The topological polar surface area (TPSA) is 113 Å². The Bertz CT molecular complexity index is 1700. The zero-order chi connectivity index (χ0) is 30.7. The number of sulfonamides is 2. The lowest BCUT2D eigenvalue weighted by Crippen LogP contribution is -2.50. The predicted octanol–water partition coefficient (Wildman–Crippen LogP) is 3.32. The van der Waals surface area contributed by atoms with E-state index in [-0.39, 0.29) is 23.7 Å². The number of hydrogen-bond acceptors (Lipinski definition) is 7. The van der Waals surface area contributed by atoms with Crippen molar-refractivity contribution in [2.24, 2.45) is 5.92 Å². The van der Waals surface area contributed by atoms with Crippen molar-refractivity contribution in [3.05, 3.63) is 83.7 Å². The van der Waals surface area contributed by atoms with Gasteiger partial charge in [-0.05, 0) is 61.5 Å². The number of methoxy groups -OCH3 is 1. The molecule has 0 spiro atoms. The molecule has 3 aromatic carbocycles. The van der Waals surface area contributed by atoms with Crippen LogP contribution in [0.25, 0.3) is 0 Å². The van der Waals surface area contributed by atoms with Crippen LogP contribution in [-0.2, 0) is 20.0 Å². The van der Waals surface area contributed by atoms with Crippen LogP contribution in [0.5, 0.6) is 11.5 Å². The Kier molecular flexibility index (Phi) is 9.60. The highest BCUT2D eigenvalue weighted by Crippen LogP contribution is 2.34. The summed E-state index contributed by atoms with van der Waals surface area (Å²) in [5, 5.41) is 9.85. The summed E-state index contributed by atoms with van der Waals surface area (Å²) in [5.41, 5.74) is 1.19. The molecule has 3 atom stereocenters. The molecule has 0 unspecified atom stereocenters. The maximum Gasteiger partial charge on any atom is 0.247 e. The van der Waals surface area contributed by atoms with Crippen molar-refractivity contribution in [2.75, 3.05) is 33.9 Å². The number of aliphatic hydroxyl groups excluding tert-OH is 1. The molecule has 1 aliphatic rings. The second-order valence-corrected chi connectivity index (χ2v) is 14.0. The quantitative estimate of drug-likeness (QED) is 0.405. The number of rotatable bonds is 7. The Labute approximate surface area is 246 Å². The van der Waals surface area contributed by atoms with E-state index in [4.69, 9.17) is 9.47 Å². The van der Waals surface area contributed by atoms with Crippen LogP contribution in [0.2, 0.25) is 0 Å². The molecular formula is C30H33FN2O7S2. The maximum atomic E-state index is 14.4. The molecule has 0 aliphatic carbocycles. The fourth-order valence-corrected chi connectivity index (χ4v) is 7.58. The summed E-state index contributed by atoms with van der Waals surface area (Å²) in [6, 6.07) is 15.9. The standard InChI is InChI=1S/C30H33FN2O7S2/c1-21-18-33(22(2)20-34)42(37,38)30-16-13-24(10-9-23-11-14-25(39-4)15-12-23)17-27(30)40-28(21)19-32(3)41(35,36)29-8-6-5-7-26(29)31/h5-8,11-17,21-22,28,34H,18-20H2,1-4H3/t21-,22+,28-/m0/s1. The first-order valence-electron chi connectivity index (χ1n) is 13.2. The second kappa shape index (κ2) is 12.8. The Morgan fingerprint density at radius 2 is 1.76 bits per heavy atom. The first-order chi connectivity index (χ1) is 19.9. The molecule has 4 rings (SSSR count). The summed E-state index contributed by atoms with van der Waals surface area (Å²) in [4.78, 5) is -0.602. The van der Waals surface area contributed by atoms with Gasteiger partial charge in [-0.15, -0.1) is 0 Å². The van der Waals surface area contributed by atoms with Gasteiger partial charge in [0.25, 0.3) is 0 Å². The van der Waals surface area contributed by atoms with Crippen LogP contribution in [0.4, 0.5) is 4.39 Å². The van der Waals surface area contributed by atoms with Crippen LogP contribution >= 0.6 is 0 Å². The first-order valence-corrected chi connectivity index (χ1v) is 16.1. The van der Waals surface area contributed by atoms with Crippen LogP contribution in [0, 0.1) is 23.6 Å². The predicted molar refractivity (Wildman–Crippen MR) is 156 cm³/mol. The average molecular weight is 617 g/mol. The van der Waals surface area contributed by atoms with Gasteiger partial charge in [-0.3, -0.25) is 0 Å². The number of ether oxygens (including phenoxy) is 2. The minimum atomic E-state index is -4.23. The molecule has 0 saturated carbocycles. The van der Waals surface area contributed by atoms with Gasteiger partial charge in [0.15, 0.2) is 0 Å². The van der Waals surface area contributed by atoms with Crippen molar-refractivity contribution in [3.63, 3.8) is 0 Å². The van der Waals surface area contributed by atoms with Crippen LogP contribution in [0.15, 0.2) is 76.5 Å². The fourth-order valence-electron chi connectivity index (χ4n) is 4.51. The fraction of sp³-hybridized carbons (Fsp3) is 0.333. The summed E-state index contributed by atoms with van der Waals surface area (Å²) >= 11 is 0. The minimum Gasteiger partial charge on any atom is -0.497 e. The highest BCUT2D eigenvalue weighted by atomic mass is 32.2. The van der Waals surface area contributed by atoms with Crippen molar-refractivity contribution in [3.8, 4) is 23.3 Å². The first kappa shape index (κ1) is 31.5. The molecule has 0 saturated heterocycles. The number of benzene rings is 3. The average Bonchev–Trinajstić information content (AvgIpc) is 2.97. The zero-order valence-electron chi connectivity index (χ0n) is 23.7. The Morgan fingerprint density at radius 1 is 1.12 bits per heavy atom. The molecule has 1 N–H and O–H groups in total. The summed E-state index contributed by atoms with van der Waals surface area (Å²) in [7, 11) is -5.44. The molecule has 1 aliphatic heterocycles. The van der Waals surface area contributed by atoms with E-state index in [1.54, 1.807) is 51.3 Å². The Morgan fingerprint density at radius 3 is 2.40 bits per heavy atom. The highest BCUT2D eigenvalue weighted by Gasteiger charge is 2.39. The van der Waals surface area contributed by atoms with Gasteiger partial charge in [0.05, 0.1) is 20.3 Å². The van der Waals surface area contributed by atoms with Gasteiger partial charge in [0, 0.05) is 36.7 Å². The molecule has 0 aromatic heterocycles. The summed E-state index contributed by atoms with van der Waals surface area (Å²) in [6.45, 7) is 2.67. The van der Waals surface area contributed by atoms with E-state index in [2.05, 4.69) is 11.8 Å². The van der Waals surface area contributed by atoms with Crippen LogP contribution < -0.4 is 9.47 Å².